The van der Waals surface area contributed by atoms with Gasteiger partial charge in [-0.05, 0) is 41.7 Å². The van der Waals surface area contributed by atoms with Gasteiger partial charge in [0.05, 0.1) is 0 Å². The first-order valence-electron chi connectivity index (χ1n) is 7.81. The minimum atomic E-state index is -0.00575. The van der Waals surface area contributed by atoms with Crippen molar-refractivity contribution >= 4 is 11.6 Å². The van der Waals surface area contributed by atoms with Crippen molar-refractivity contribution < 1.29 is 4.79 Å². The van der Waals surface area contributed by atoms with E-state index in [0.717, 1.165) is 17.7 Å². The van der Waals surface area contributed by atoms with E-state index >= 15 is 0 Å². The number of hydrogen-bond donors (Lipinski definition) is 1. The summed E-state index contributed by atoms with van der Waals surface area (Å²) in [7, 11) is 0. The molecule has 1 aliphatic rings. The molecule has 0 fully saturated rings. The van der Waals surface area contributed by atoms with Crippen LogP contribution >= 0.6 is 0 Å². The molecule has 1 unspecified atom stereocenters. The van der Waals surface area contributed by atoms with Gasteiger partial charge in [0.15, 0.2) is 0 Å². The van der Waals surface area contributed by atoms with Gasteiger partial charge in [0.2, 0.25) is 0 Å². The van der Waals surface area contributed by atoms with E-state index in [0.29, 0.717) is 18.0 Å². The number of anilines is 1. The molecule has 1 atom stereocenters. The second-order valence-electron chi connectivity index (χ2n) is 6.29. The van der Waals surface area contributed by atoms with E-state index < -0.39 is 0 Å². The van der Waals surface area contributed by atoms with Crippen LogP contribution in [0.15, 0.2) is 48.5 Å². The molecule has 1 aliphatic heterocycles. The molecule has 0 bridgehead atoms. The fourth-order valence-corrected chi connectivity index (χ4v) is 2.99. The molecule has 0 aliphatic carbocycles. The van der Waals surface area contributed by atoms with Crippen LogP contribution in [0.2, 0.25) is 0 Å². The van der Waals surface area contributed by atoms with E-state index in [1.807, 2.05) is 47.4 Å². The van der Waals surface area contributed by atoms with Crippen LogP contribution in [0.5, 0.6) is 0 Å². The van der Waals surface area contributed by atoms with E-state index in [1.54, 1.807) is 0 Å². The minimum absolute atomic E-state index is 0.00575. The monoisotopic (exact) mass is 294 g/mol. The summed E-state index contributed by atoms with van der Waals surface area (Å²) in [4.78, 5) is 14.7. The standard InChI is InChI=1S/C19H22N2O/c1-13(2)14-7-9-15(10-8-14)19(22)21-12-17(20)11-16-5-3-4-6-18(16)21/h3-10,13,17H,11-12,20H2,1-2H3. The maximum atomic E-state index is 12.9. The first-order chi connectivity index (χ1) is 10.6. The number of rotatable bonds is 2. The molecular formula is C19H22N2O. The molecule has 2 aromatic carbocycles. The Balaban J connectivity index is 1.92. The Labute approximate surface area is 131 Å². The lowest BCUT2D eigenvalue weighted by molar-refractivity contribution is 0.0983. The van der Waals surface area contributed by atoms with Gasteiger partial charge in [-0.25, -0.2) is 0 Å². The Morgan fingerprint density at radius 3 is 2.50 bits per heavy atom. The number of benzene rings is 2. The smallest absolute Gasteiger partial charge is 0.258 e. The van der Waals surface area contributed by atoms with Gasteiger partial charge >= 0.3 is 0 Å². The van der Waals surface area contributed by atoms with Crippen molar-refractivity contribution in [1.82, 2.24) is 0 Å². The normalized spacial score (nSPS) is 17.5. The van der Waals surface area contributed by atoms with Gasteiger partial charge in [-0.1, -0.05) is 44.2 Å². The Bertz CT molecular complexity index is 676. The maximum absolute atomic E-state index is 12.9. The molecule has 22 heavy (non-hydrogen) atoms. The van der Waals surface area contributed by atoms with Crippen molar-refractivity contribution in [3.63, 3.8) is 0 Å². The summed E-state index contributed by atoms with van der Waals surface area (Å²) in [6, 6.07) is 15.9. The summed E-state index contributed by atoms with van der Waals surface area (Å²) in [6.07, 6.45) is 0.826. The molecule has 1 amide bonds. The third-order valence-electron chi connectivity index (χ3n) is 4.25. The molecule has 3 rings (SSSR count). The first-order valence-corrected chi connectivity index (χ1v) is 7.81. The maximum Gasteiger partial charge on any atom is 0.258 e. The van der Waals surface area contributed by atoms with Crippen LogP contribution in [-0.2, 0) is 6.42 Å². The number of hydrogen-bond acceptors (Lipinski definition) is 2. The van der Waals surface area contributed by atoms with Crippen LogP contribution in [0.4, 0.5) is 5.69 Å². The number of carbonyl (C=O) groups is 1. The zero-order valence-electron chi connectivity index (χ0n) is 13.1. The third kappa shape index (κ3) is 2.77. The van der Waals surface area contributed by atoms with E-state index in [9.17, 15) is 4.79 Å². The minimum Gasteiger partial charge on any atom is -0.326 e. The second-order valence-corrected chi connectivity index (χ2v) is 6.29. The van der Waals surface area contributed by atoms with Crippen LogP contribution < -0.4 is 10.6 Å². The van der Waals surface area contributed by atoms with Crippen LogP contribution in [0.3, 0.4) is 0 Å². The summed E-state index contributed by atoms with van der Waals surface area (Å²) in [5.74, 6) is 0.492. The second kappa shape index (κ2) is 5.93. The molecule has 2 aromatic rings. The first kappa shape index (κ1) is 14.8. The van der Waals surface area contributed by atoms with Crippen molar-refractivity contribution in [3.8, 4) is 0 Å². The molecule has 114 valence electrons. The number of fused-ring (bicyclic) bond motifs is 1. The van der Waals surface area contributed by atoms with Crippen molar-refractivity contribution in [2.45, 2.75) is 32.2 Å². The van der Waals surface area contributed by atoms with E-state index in [4.69, 9.17) is 5.73 Å². The quantitative estimate of drug-likeness (QED) is 0.923. The number of amides is 1. The zero-order valence-corrected chi connectivity index (χ0v) is 13.1. The molecule has 0 saturated carbocycles. The molecule has 2 N–H and O–H groups in total. The highest BCUT2D eigenvalue weighted by molar-refractivity contribution is 6.06. The molecular weight excluding hydrogens is 272 g/mol. The van der Waals surface area contributed by atoms with E-state index in [1.165, 1.54) is 5.56 Å². The largest absolute Gasteiger partial charge is 0.326 e. The molecule has 1 heterocycles. The van der Waals surface area contributed by atoms with Crippen molar-refractivity contribution in [2.24, 2.45) is 5.73 Å². The highest BCUT2D eigenvalue weighted by Gasteiger charge is 2.27. The lowest BCUT2D eigenvalue weighted by atomic mass is 9.97. The number of nitrogens with two attached hydrogens (primary N) is 1. The fourth-order valence-electron chi connectivity index (χ4n) is 2.99. The van der Waals surface area contributed by atoms with Gasteiger partial charge in [0.25, 0.3) is 5.91 Å². The third-order valence-corrected chi connectivity index (χ3v) is 4.25. The predicted molar refractivity (Wildman–Crippen MR) is 90.3 cm³/mol. The van der Waals surface area contributed by atoms with Gasteiger partial charge < -0.3 is 10.6 Å². The Morgan fingerprint density at radius 1 is 1.14 bits per heavy atom. The molecule has 0 saturated heterocycles. The van der Waals surface area contributed by atoms with Gasteiger partial charge in [0.1, 0.15) is 0 Å². The van der Waals surface area contributed by atoms with E-state index in [-0.39, 0.29) is 11.9 Å². The van der Waals surface area contributed by atoms with Crippen molar-refractivity contribution in [2.75, 3.05) is 11.4 Å². The summed E-state index contributed by atoms with van der Waals surface area (Å²) in [5, 5.41) is 0. The summed E-state index contributed by atoms with van der Waals surface area (Å²) < 4.78 is 0. The highest BCUT2D eigenvalue weighted by Crippen LogP contribution is 2.28. The van der Waals surface area contributed by atoms with Crippen molar-refractivity contribution in [3.05, 3.63) is 65.2 Å². The fraction of sp³-hybridized carbons (Fsp3) is 0.316. The number of para-hydroxylation sites is 1. The molecule has 3 nitrogen and oxygen atoms in total. The van der Waals surface area contributed by atoms with Crippen LogP contribution in [0, 0.1) is 0 Å². The molecule has 0 radical (unpaired) electrons. The Morgan fingerprint density at radius 2 is 1.82 bits per heavy atom. The van der Waals surface area contributed by atoms with Crippen LogP contribution in [0.25, 0.3) is 0 Å². The lowest BCUT2D eigenvalue weighted by Gasteiger charge is -2.33. The van der Waals surface area contributed by atoms with Crippen molar-refractivity contribution in [1.29, 1.82) is 0 Å². The molecule has 3 heteroatoms. The number of carbonyl (C=O) groups excluding carboxylic acids is 1. The number of nitrogens with zero attached hydrogens (tertiary/aromatic N) is 1. The topological polar surface area (TPSA) is 46.3 Å². The molecule has 0 aromatic heterocycles. The van der Waals surface area contributed by atoms with Gasteiger partial charge in [-0.3, -0.25) is 4.79 Å². The summed E-state index contributed by atoms with van der Waals surface area (Å²) >= 11 is 0. The molecule has 0 spiro atoms. The summed E-state index contributed by atoms with van der Waals surface area (Å²) in [5.41, 5.74) is 10.2. The van der Waals surface area contributed by atoms with Gasteiger partial charge in [-0.15, -0.1) is 0 Å². The summed E-state index contributed by atoms with van der Waals surface area (Å²) in [6.45, 7) is 4.87. The van der Waals surface area contributed by atoms with Gasteiger partial charge in [-0.2, -0.15) is 0 Å². The van der Waals surface area contributed by atoms with Crippen LogP contribution in [-0.4, -0.2) is 18.5 Å². The predicted octanol–water partition coefficient (Wildman–Crippen LogP) is 3.34. The lowest BCUT2D eigenvalue weighted by Crippen LogP contribution is -2.46. The Hall–Kier alpha value is -2.13. The van der Waals surface area contributed by atoms with Crippen LogP contribution in [0.1, 0.15) is 41.3 Å². The van der Waals surface area contributed by atoms with Gasteiger partial charge in [0, 0.05) is 23.8 Å². The zero-order chi connectivity index (χ0) is 15.7. The average Bonchev–Trinajstić information content (AvgIpc) is 2.53. The Kier molecular flexibility index (Phi) is 3.99. The SMILES string of the molecule is CC(C)c1ccc(C(=O)N2CC(N)Cc3ccccc32)cc1. The highest BCUT2D eigenvalue weighted by atomic mass is 16.2. The average molecular weight is 294 g/mol. The van der Waals surface area contributed by atoms with E-state index in [2.05, 4.69) is 19.9 Å².